The summed E-state index contributed by atoms with van der Waals surface area (Å²) in [6, 6.07) is 15.6. The molecule has 0 saturated carbocycles. The number of nitrogens with one attached hydrogen (secondary N) is 1. The number of morpholine rings is 1. The lowest BCUT2D eigenvalue weighted by Gasteiger charge is -2.30. The van der Waals surface area contributed by atoms with Gasteiger partial charge in [0.25, 0.3) is 0 Å². The van der Waals surface area contributed by atoms with E-state index in [1.54, 1.807) is 18.5 Å². The maximum Gasteiger partial charge on any atom is 0.129 e. The van der Waals surface area contributed by atoms with Crippen LogP contribution in [0.1, 0.15) is 17.0 Å². The van der Waals surface area contributed by atoms with E-state index in [0.29, 0.717) is 23.8 Å². The minimum Gasteiger partial charge on any atom is -0.379 e. The van der Waals surface area contributed by atoms with Gasteiger partial charge in [-0.15, -0.1) is 0 Å². The maximum absolute atomic E-state index is 7.89. The minimum atomic E-state index is -0.291. The molecule has 0 spiro atoms. The van der Waals surface area contributed by atoms with Gasteiger partial charge in [-0.3, -0.25) is 14.9 Å². The number of hydrogen-bond donors (Lipinski definition) is 1. The lowest BCUT2D eigenvalue weighted by atomic mass is 10.0. The van der Waals surface area contributed by atoms with Crippen LogP contribution in [0, 0.1) is 5.41 Å². The number of halogens is 1. The molecule has 2 aromatic heterocycles. The minimum absolute atomic E-state index is 0.0545. The molecule has 1 saturated heterocycles. The fourth-order valence-electron chi connectivity index (χ4n) is 3.72. The van der Waals surface area contributed by atoms with E-state index in [4.69, 9.17) is 26.5 Å². The van der Waals surface area contributed by atoms with E-state index in [1.165, 1.54) is 6.21 Å². The summed E-state index contributed by atoms with van der Waals surface area (Å²) in [6.45, 7) is 5.14. The Labute approximate surface area is 198 Å². The van der Waals surface area contributed by atoms with Crippen molar-refractivity contribution in [3.05, 3.63) is 71.0 Å². The lowest BCUT2D eigenvalue weighted by molar-refractivity contribution is -0.0141. The number of aromatic nitrogens is 2. The number of hydrogen-bond acceptors (Lipinski definition) is 7. The average Bonchev–Trinajstić information content (AvgIpc) is 2.86. The van der Waals surface area contributed by atoms with Gasteiger partial charge in [-0.1, -0.05) is 41.9 Å². The van der Waals surface area contributed by atoms with Crippen LogP contribution in [0.2, 0.25) is 5.15 Å². The molecule has 0 radical (unpaired) electrons. The van der Waals surface area contributed by atoms with Gasteiger partial charge in [0, 0.05) is 38.3 Å². The normalized spacial score (nSPS) is 16.8. The second-order valence-electron chi connectivity index (χ2n) is 7.98. The van der Waals surface area contributed by atoms with Crippen LogP contribution in [-0.2, 0) is 16.1 Å². The third-order valence-corrected chi connectivity index (χ3v) is 5.77. The van der Waals surface area contributed by atoms with Crippen molar-refractivity contribution in [3.8, 4) is 0 Å². The van der Waals surface area contributed by atoms with Gasteiger partial charge in [0.1, 0.15) is 5.15 Å². The molecule has 172 valence electrons. The molecule has 3 heterocycles. The molecule has 0 bridgehead atoms. The van der Waals surface area contributed by atoms with E-state index in [2.05, 4.69) is 32.0 Å². The van der Waals surface area contributed by atoms with Gasteiger partial charge in [-0.2, -0.15) is 0 Å². The summed E-state index contributed by atoms with van der Waals surface area (Å²) in [5, 5.41) is 8.31. The monoisotopic (exact) mass is 465 g/mol. The van der Waals surface area contributed by atoms with Gasteiger partial charge < -0.3 is 14.9 Å². The van der Waals surface area contributed by atoms with Gasteiger partial charge >= 0.3 is 0 Å². The summed E-state index contributed by atoms with van der Waals surface area (Å²) in [6.07, 6.45) is 4.86. The van der Waals surface area contributed by atoms with Crippen LogP contribution in [0.15, 0.2) is 59.7 Å². The molecule has 2 atom stereocenters. The lowest BCUT2D eigenvalue weighted by Crippen LogP contribution is -2.42. The highest BCUT2D eigenvalue weighted by Gasteiger charge is 2.17. The standard InChI is InChI=1S/C25H28ClN5O2/c26-25-7-6-23-24(30-25)12-20(15-29-23)21(13-27)14-28-16-22(17-31-8-10-32-11-9-31)33-18-19-4-2-1-3-5-19/h1-7,12-15,21-22,27H,8-11,16-18H2. The molecule has 0 amide bonds. The zero-order chi connectivity index (χ0) is 22.9. The molecule has 8 heteroatoms. The first kappa shape index (κ1) is 23.4. The van der Waals surface area contributed by atoms with Gasteiger partial charge in [0.2, 0.25) is 0 Å². The molecule has 1 aliphatic rings. The Morgan fingerprint density at radius 3 is 2.76 bits per heavy atom. The molecule has 1 N–H and O–H groups in total. The smallest absolute Gasteiger partial charge is 0.129 e. The molecular formula is C25H28ClN5O2. The molecule has 1 fully saturated rings. The zero-order valence-corrected chi connectivity index (χ0v) is 19.2. The van der Waals surface area contributed by atoms with Gasteiger partial charge in [-0.05, 0) is 29.3 Å². The highest BCUT2D eigenvalue weighted by atomic mass is 35.5. The van der Waals surface area contributed by atoms with Crippen LogP contribution in [-0.4, -0.2) is 72.8 Å². The summed E-state index contributed by atoms with van der Waals surface area (Å²) in [4.78, 5) is 15.8. The quantitative estimate of drug-likeness (QED) is 0.361. The van der Waals surface area contributed by atoms with Crippen LogP contribution in [0.5, 0.6) is 0 Å². The van der Waals surface area contributed by atoms with Crippen molar-refractivity contribution in [1.82, 2.24) is 14.9 Å². The molecule has 4 rings (SSSR count). The van der Waals surface area contributed by atoms with Crippen molar-refractivity contribution in [1.29, 1.82) is 5.41 Å². The van der Waals surface area contributed by atoms with E-state index in [1.807, 2.05) is 30.3 Å². The highest BCUT2D eigenvalue weighted by molar-refractivity contribution is 6.29. The molecule has 1 aromatic carbocycles. The molecule has 0 aliphatic carbocycles. The number of fused-ring (bicyclic) bond motifs is 1. The van der Waals surface area contributed by atoms with Crippen molar-refractivity contribution in [3.63, 3.8) is 0 Å². The molecule has 1 aliphatic heterocycles. The predicted octanol–water partition coefficient (Wildman–Crippen LogP) is 4.00. The fourth-order valence-corrected chi connectivity index (χ4v) is 3.87. The van der Waals surface area contributed by atoms with Crippen molar-refractivity contribution < 1.29 is 9.47 Å². The van der Waals surface area contributed by atoms with Crippen LogP contribution >= 0.6 is 11.6 Å². The Balaban J connectivity index is 1.42. The van der Waals surface area contributed by atoms with Crippen molar-refractivity contribution in [2.24, 2.45) is 4.99 Å². The molecular weight excluding hydrogens is 438 g/mol. The Morgan fingerprint density at radius 1 is 1.15 bits per heavy atom. The maximum atomic E-state index is 7.89. The molecule has 33 heavy (non-hydrogen) atoms. The fraction of sp³-hybridized carbons (Fsp3) is 0.360. The highest BCUT2D eigenvalue weighted by Crippen LogP contribution is 2.19. The van der Waals surface area contributed by atoms with E-state index >= 15 is 0 Å². The van der Waals surface area contributed by atoms with E-state index in [0.717, 1.165) is 49.5 Å². The number of pyridine rings is 2. The summed E-state index contributed by atoms with van der Waals surface area (Å²) < 4.78 is 11.7. The summed E-state index contributed by atoms with van der Waals surface area (Å²) >= 11 is 6.02. The number of rotatable bonds is 10. The zero-order valence-electron chi connectivity index (χ0n) is 18.4. The number of benzene rings is 1. The largest absolute Gasteiger partial charge is 0.379 e. The first-order valence-electron chi connectivity index (χ1n) is 11.1. The molecule has 2 unspecified atom stereocenters. The van der Waals surface area contributed by atoms with Crippen LogP contribution in [0.4, 0.5) is 0 Å². The summed E-state index contributed by atoms with van der Waals surface area (Å²) in [5.74, 6) is -0.291. The second-order valence-corrected chi connectivity index (χ2v) is 8.37. The SMILES string of the molecule is N=CC(C=NCC(CN1CCOCC1)OCc1ccccc1)c1cnc2ccc(Cl)nc2c1. The predicted molar refractivity (Wildman–Crippen MR) is 132 cm³/mol. The Hall–Kier alpha value is -2.71. The Morgan fingerprint density at radius 2 is 1.97 bits per heavy atom. The number of aliphatic imine (C=N–C) groups is 1. The second kappa shape index (κ2) is 12.0. The van der Waals surface area contributed by atoms with Gasteiger partial charge in [0.05, 0.1) is 49.4 Å². The van der Waals surface area contributed by atoms with Gasteiger partial charge in [0.15, 0.2) is 0 Å². The summed E-state index contributed by atoms with van der Waals surface area (Å²) in [5.41, 5.74) is 3.46. The average molecular weight is 466 g/mol. The van der Waals surface area contributed by atoms with Crippen LogP contribution < -0.4 is 0 Å². The van der Waals surface area contributed by atoms with Crippen LogP contribution in [0.25, 0.3) is 11.0 Å². The third-order valence-electron chi connectivity index (χ3n) is 5.56. The topological polar surface area (TPSA) is 83.7 Å². The molecule has 3 aromatic rings. The summed E-state index contributed by atoms with van der Waals surface area (Å²) in [7, 11) is 0. The van der Waals surface area contributed by atoms with E-state index < -0.39 is 0 Å². The van der Waals surface area contributed by atoms with E-state index in [-0.39, 0.29) is 12.0 Å². The first-order valence-corrected chi connectivity index (χ1v) is 11.5. The third kappa shape index (κ3) is 6.88. The van der Waals surface area contributed by atoms with Crippen molar-refractivity contribution >= 4 is 35.1 Å². The van der Waals surface area contributed by atoms with Crippen molar-refractivity contribution in [2.45, 2.75) is 18.6 Å². The number of ether oxygens (including phenoxy) is 2. The first-order chi connectivity index (χ1) is 16.2. The van der Waals surface area contributed by atoms with E-state index in [9.17, 15) is 0 Å². The Kier molecular flexibility index (Phi) is 8.49. The van der Waals surface area contributed by atoms with Crippen LogP contribution in [0.3, 0.4) is 0 Å². The van der Waals surface area contributed by atoms with Gasteiger partial charge in [-0.25, -0.2) is 4.98 Å². The van der Waals surface area contributed by atoms with Crippen molar-refractivity contribution in [2.75, 3.05) is 39.4 Å². The Bertz CT molecular complexity index is 1070. The number of nitrogens with zero attached hydrogens (tertiary/aromatic N) is 4. The molecule has 7 nitrogen and oxygen atoms in total.